The molecular formula is C19H23ClN2O4S. The number of hydrogen-bond donors (Lipinski definition) is 2. The van der Waals surface area contributed by atoms with Gasteiger partial charge in [-0.3, -0.25) is 9.52 Å². The number of sulfonamides is 1. The molecule has 0 fully saturated rings. The minimum Gasteiger partial charge on any atom is -0.481 e. The van der Waals surface area contributed by atoms with Crippen molar-refractivity contribution >= 4 is 33.2 Å². The highest BCUT2D eigenvalue weighted by atomic mass is 35.5. The molecule has 0 saturated heterocycles. The minimum absolute atomic E-state index is 0.0125. The highest BCUT2D eigenvalue weighted by Gasteiger charge is 2.18. The first kappa shape index (κ1) is 21.1. The molecule has 0 heterocycles. The maximum atomic E-state index is 12.6. The van der Waals surface area contributed by atoms with Crippen LogP contribution in [0.2, 0.25) is 5.02 Å². The van der Waals surface area contributed by atoms with Gasteiger partial charge in [-0.1, -0.05) is 11.6 Å². The van der Waals surface area contributed by atoms with E-state index in [-0.39, 0.29) is 16.8 Å². The van der Waals surface area contributed by atoms with Crippen LogP contribution in [-0.2, 0) is 14.8 Å². The van der Waals surface area contributed by atoms with Gasteiger partial charge >= 0.3 is 0 Å². The zero-order valence-electron chi connectivity index (χ0n) is 15.6. The van der Waals surface area contributed by atoms with E-state index in [1.165, 1.54) is 24.3 Å². The fraction of sp³-hybridized carbons (Fsp3) is 0.316. The predicted molar refractivity (Wildman–Crippen MR) is 107 cm³/mol. The number of amides is 1. The normalized spacial score (nSPS) is 12.5. The number of nitrogens with one attached hydrogen (secondary N) is 2. The molecule has 0 aliphatic carbocycles. The number of carbonyl (C=O) groups is 1. The van der Waals surface area contributed by atoms with Crippen LogP contribution in [0.5, 0.6) is 5.75 Å². The van der Waals surface area contributed by atoms with Gasteiger partial charge in [-0.15, -0.1) is 0 Å². The van der Waals surface area contributed by atoms with Crippen molar-refractivity contribution in [3.63, 3.8) is 0 Å². The Morgan fingerprint density at radius 1 is 1.07 bits per heavy atom. The van der Waals surface area contributed by atoms with E-state index in [1.54, 1.807) is 32.0 Å². The van der Waals surface area contributed by atoms with Gasteiger partial charge in [0.05, 0.1) is 10.6 Å². The number of ether oxygens (including phenoxy) is 1. The van der Waals surface area contributed by atoms with Gasteiger partial charge < -0.3 is 10.1 Å². The van der Waals surface area contributed by atoms with Gasteiger partial charge in [0.2, 0.25) is 0 Å². The largest absolute Gasteiger partial charge is 0.481 e. The Balaban J connectivity index is 2.10. The Kier molecular flexibility index (Phi) is 6.73. The third kappa shape index (κ3) is 5.87. The molecule has 0 bridgehead atoms. The van der Waals surface area contributed by atoms with Crippen LogP contribution in [0.15, 0.2) is 47.4 Å². The Morgan fingerprint density at radius 3 is 2.26 bits per heavy atom. The molecule has 2 rings (SSSR count). The van der Waals surface area contributed by atoms with Crippen LogP contribution in [-0.4, -0.2) is 26.5 Å². The summed E-state index contributed by atoms with van der Waals surface area (Å²) in [5.41, 5.74) is 1.18. The first-order chi connectivity index (χ1) is 12.6. The topological polar surface area (TPSA) is 84.5 Å². The summed E-state index contributed by atoms with van der Waals surface area (Å²) in [6.07, 6.45) is -0.690. The zero-order valence-corrected chi connectivity index (χ0v) is 17.2. The summed E-state index contributed by atoms with van der Waals surface area (Å²) < 4.78 is 33.2. The molecule has 2 N–H and O–H groups in total. The Labute approximate surface area is 164 Å². The van der Waals surface area contributed by atoms with E-state index in [0.717, 1.165) is 5.56 Å². The van der Waals surface area contributed by atoms with Gasteiger partial charge in [0.1, 0.15) is 5.75 Å². The van der Waals surface area contributed by atoms with E-state index in [0.29, 0.717) is 16.5 Å². The summed E-state index contributed by atoms with van der Waals surface area (Å²) in [5, 5.41) is 3.29. The summed E-state index contributed by atoms with van der Waals surface area (Å²) >= 11 is 5.89. The van der Waals surface area contributed by atoms with Crippen molar-refractivity contribution in [3.8, 4) is 5.75 Å². The minimum atomic E-state index is -3.75. The lowest BCUT2D eigenvalue weighted by Crippen LogP contribution is -2.40. The van der Waals surface area contributed by atoms with Gasteiger partial charge in [0, 0.05) is 11.1 Å². The highest BCUT2D eigenvalue weighted by Crippen LogP contribution is 2.24. The van der Waals surface area contributed by atoms with Gasteiger partial charge in [-0.25, -0.2) is 8.42 Å². The summed E-state index contributed by atoms with van der Waals surface area (Å²) in [4.78, 5) is 12.0. The summed E-state index contributed by atoms with van der Waals surface area (Å²) in [6.45, 7) is 7.12. The molecular weight excluding hydrogens is 388 g/mol. The lowest BCUT2D eigenvalue weighted by Gasteiger charge is -2.17. The smallest absolute Gasteiger partial charge is 0.261 e. The maximum Gasteiger partial charge on any atom is 0.261 e. The molecule has 6 nitrogen and oxygen atoms in total. The van der Waals surface area contributed by atoms with Crippen molar-refractivity contribution in [1.82, 2.24) is 5.32 Å². The fourth-order valence-electron chi connectivity index (χ4n) is 2.30. The summed E-state index contributed by atoms with van der Waals surface area (Å²) in [5.74, 6) is 0.171. The summed E-state index contributed by atoms with van der Waals surface area (Å²) in [6, 6.07) is 10.8. The van der Waals surface area contributed by atoms with Crippen LogP contribution in [0.25, 0.3) is 0 Å². The lowest BCUT2D eigenvalue weighted by atomic mass is 10.2. The molecule has 146 valence electrons. The van der Waals surface area contributed by atoms with E-state index in [2.05, 4.69) is 10.0 Å². The van der Waals surface area contributed by atoms with Crippen LogP contribution in [0.4, 0.5) is 5.69 Å². The van der Waals surface area contributed by atoms with Gasteiger partial charge in [0.15, 0.2) is 6.10 Å². The van der Waals surface area contributed by atoms with E-state index >= 15 is 0 Å². The Hall–Kier alpha value is -2.25. The molecule has 1 amide bonds. The van der Waals surface area contributed by atoms with Crippen LogP contribution >= 0.6 is 11.6 Å². The van der Waals surface area contributed by atoms with Crippen LogP contribution in [0, 0.1) is 6.92 Å². The van der Waals surface area contributed by atoms with E-state index in [1.807, 2.05) is 13.8 Å². The molecule has 0 spiro atoms. The van der Waals surface area contributed by atoms with E-state index in [9.17, 15) is 13.2 Å². The Morgan fingerprint density at radius 2 is 1.70 bits per heavy atom. The van der Waals surface area contributed by atoms with Crippen molar-refractivity contribution in [2.24, 2.45) is 0 Å². The molecule has 8 heteroatoms. The van der Waals surface area contributed by atoms with Crippen molar-refractivity contribution in [2.45, 2.75) is 44.7 Å². The molecule has 0 radical (unpaired) electrons. The molecule has 0 aliphatic heterocycles. The molecule has 27 heavy (non-hydrogen) atoms. The Bertz CT molecular complexity index is 912. The lowest BCUT2D eigenvalue weighted by molar-refractivity contribution is -0.127. The van der Waals surface area contributed by atoms with Crippen molar-refractivity contribution < 1.29 is 17.9 Å². The zero-order chi connectivity index (χ0) is 20.2. The predicted octanol–water partition coefficient (Wildman–Crippen LogP) is 3.74. The maximum absolute atomic E-state index is 12.6. The van der Waals surface area contributed by atoms with Crippen molar-refractivity contribution in [3.05, 3.63) is 53.1 Å². The van der Waals surface area contributed by atoms with E-state index < -0.39 is 16.1 Å². The number of hydrogen-bond acceptors (Lipinski definition) is 4. The fourth-order valence-corrected chi connectivity index (χ4v) is 3.66. The van der Waals surface area contributed by atoms with Crippen molar-refractivity contribution in [2.75, 3.05) is 4.72 Å². The standard InChI is InChI=1S/C19H23ClN2O4S/c1-12(2)21-19(23)14(4)26-16-6-8-17(9-7-16)27(24,25)22-18-10-5-15(20)11-13(18)3/h5-12,14,22H,1-4H3,(H,21,23)/t14-/m1/s1. The molecule has 0 unspecified atom stereocenters. The molecule has 0 aliphatic rings. The third-order valence-electron chi connectivity index (χ3n) is 3.68. The first-order valence-electron chi connectivity index (χ1n) is 8.44. The second kappa shape index (κ2) is 8.63. The number of anilines is 1. The van der Waals surface area contributed by atoms with Crippen molar-refractivity contribution in [1.29, 1.82) is 0 Å². The van der Waals surface area contributed by atoms with Gasteiger partial charge in [-0.2, -0.15) is 0 Å². The molecule has 2 aromatic rings. The van der Waals surface area contributed by atoms with Crippen LogP contribution < -0.4 is 14.8 Å². The van der Waals surface area contributed by atoms with E-state index in [4.69, 9.17) is 16.3 Å². The number of halogens is 1. The highest BCUT2D eigenvalue weighted by molar-refractivity contribution is 7.92. The van der Waals surface area contributed by atoms with Gasteiger partial charge in [-0.05, 0) is 75.7 Å². The SMILES string of the molecule is Cc1cc(Cl)ccc1NS(=O)(=O)c1ccc(O[C@H](C)C(=O)NC(C)C)cc1. The number of carbonyl (C=O) groups excluding carboxylic acids is 1. The van der Waals surface area contributed by atoms with Gasteiger partial charge in [0.25, 0.3) is 15.9 Å². The second-order valence-corrected chi connectivity index (χ2v) is 8.58. The second-order valence-electron chi connectivity index (χ2n) is 6.46. The van der Waals surface area contributed by atoms with Crippen LogP contribution in [0.1, 0.15) is 26.3 Å². The molecule has 0 aromatic heterocycles. The summed E-state index contributed by atoms with van der Waals surface area (Å²) in [7, 11) is -3.75. The third-order valence-corrected chi connectivity index (χ3v) is 5.30. The molecule has 2 aromatic carbocycles. The first-order valence-corrected chi connectivity index (χ1v) is 10.3. The number of aryl methyl sites for hydroxylation is 1. The average Bonchev–Trinajstić information content (AvgIpc) is 2.57. The quantitative estimate of drug-likeness (QED) is 0.728. The molecule has 1 atom stereocenters. The monoisotopic (exact) mass is 410 g/mol. The number of rotatable bonds is 7. The average molecular weight is 411 g/mol. The van der Waals surface area contributed by atoms with Crippen LogP contribution in [0.3, 0.4) is 0 Å². The molecule has 0 saturated carbocycles. The number of benzene rings is 2.